The molecule has 0 unspecified atom stereocenters. The molecule has 5 nitrogen and oxygen atoms in total. The van der Waals surface area contributed by atoms with Gasteiger partial charge in [0.15, 0.2) is 0 Å². The molecule has 0 spiro atoms. The van der Waals surface area contributed by atoms with Crippen LogP contribution in [0.25, 0.3) is 0 Å². The standard InChI is InChI=1S/C12H11N3O2/c1-8-7-9(11(16)17)3-4-10(8)15-12-13-5-2-6-14-12/h2-7H,1H3,(H,16,17)(H,13,14,15). The largest absolute Gasteiger partial charge is 0.478 e. The number of aromatic carboxylic acids is 1. The maximum atomic E-state index is 10.8. The van der Waals surface area contributed by atoms with Gasteiger partial charge in [0.05, 0.1) is 5.56 Å². The Kier molecular flexibility index (Phi) is 3.00. The fourth-order valence-corrected chi connectivity index (χ4v) is 1.42. The number of aryl methyl sites for hydroxylation is 1. The number of nitrogens with zero attached hydrogens (tertiary/aromatic N) is 2. The molecule has 1 aromatic heterocycles. The number of aromatic nitrogens is 2. The molecule has 1 aromatic carbocycles. The van der Waals surface area contributed by atoms with Gasteiger partial charge in [0.2, 0.25) is 5.95 Å². The number of hydrogen-bond acceptors (Lipinski definition) is 4. The molecule has 0 aliphatic rings. The zero-order chi connectivity index (χ0) is 12.3. The lowest BCUT2D eigenvalue weighted by Gasteiger charge is -2.08. The van der Waals surface area contributed by atoms with Crippen molar-refractivity contribution < 1.29 is 9.90 Å². The second kappa shape index (κ2) is 4.61. The van der Waals surface area contributed by atoms with Gasteiger partial charge in [-0.2, -0.15) is 0 Å². The third-order valence-corrected chi connectivity index (χ3v) is 2.29. The summed E-state index contributed by atoms with van der Waals surface area (Å²) in [6.07, 6.45) is 3.27. The summed E-state index contributed by atoms with van der Waals surface area (Å²) in [7, 11) is 0. The molecule has 0 aliphatic heterocycles. The molecule has 0 radical (unpaired) electrons. The van der Waals surface area contributed by atoms with Crippen molar-refractivity contribution in [2.75, 3.05) is 5.32 Å². The van der Waals surface area contributed by atoms with Crippen molar-refractivity contribution in [1.29, 1.82) is 0 Å². The summed E-state index contributed by atoms with van der Waals surface area (Å²) in [4.78, 5) is 18.8. The molecule has 1 heterocycles. The number of carboxylic acid groups (broad SMARTS) is 1. The molecular weight excluding hydrogens is 218 g/mol. The van der Waals surface area contributed by atoms with E-state index in [1.807, 2.05) is 6.92 Å². The van der Waals surface area contributed by atoms with Crippen molar-refractivity contribution >= 4 is 17.6 Å². The molecule has 0 atom stereocenters. The van der Waals surface area contributed by atoms with E-state index in [1.54, 1.807) is 36.7 Å². The highest BCUT2D eigenvalue weighted by Crippen LogP contribution is 2.19. The number of anilines is 2. The van der Waals surface area contributed by atoms with E-state index in [9.17, 15) is 4.79 Å². The van der Waals surface area contributed by atoms with Crippen molar-refractivity contribution in [2.24, 2.45) is 0 Å². The van der Waals surface area contributed by atoms with Crippen molar-refractivity contribution in [2.45, 2.75) is 6.92 Å². The summed E-state index contributed by atoms with van der Waals surface area (Å²) in [6.45, 7) is 1.83. The Bertz CT molecular complexity index is 541. The van der Waals surface area contributed by atoms with Crippen molar-refractivity contribution in [3.8, 4) is 0 Å². The van der Waals surface area contributed by atoms with Crippen molar-refractivity contribution in [1.82, 2.24) is 9.97 Å². The quantitative estimate of drug-likeness (QED) is 0.844. The molecule has 86 valence electrons. The topological polar surface area (TPSA) is 75.1 Å². The lowest BCUT2D eigenvalue weighted by atomic mass is 10.1. The lowest BCUT2D eigenvalue weighted by molar-refractivity contribution is 0.0697. The van der Waals surface area contributed by atoms with Crippen LogP contribution in [-0.4, -0.2) is 21.0 Å². The Morgan fingerprint density at radius 1 is 1.29 bits per heavy atom. The third kappa shape index (κ3) is 2.57. The Morgan fingerprint density at radius 3 is 2.59 bits per heavy atom. The van der Waals surface area contributed by atoms with E-state index in [-0.39, 0.29) is 5.56 Å². The van der Waals surface area contributed by atoms with Crippen LogP contribution in [0.3, 0.4) is 0 Å². The molecular formula is C12H11N3O2. The fraction of sp³-hybridized carbons (Fsp3) is 0.0833. The van der Waals surface area contributed by atoms with Gasteiger partial charge < -0.3 is 10.4 Å². The maximum absolute atomic E-state index is 10.8. The van der Waals surface area contributed by atoms with Crippen LogP contribution in [0.1, 0.15) is 15.9 Å². The predicted molar refractivity (Wildman–Crippen MR) is 63.5 cm³/mol. The summed E-state index contributed by atoms with van der Waals surface area (Å²) in [5.74, 6) is -0.450. The zero-order valence-corrected chi connectivity index (χ0v) is 9.21. The number of carbonyl (C=O) groups is 1. The van der Waals surface area contributed by atoms with Gasteiger partial charge in [-0.05, 0) is 36.8 Å². The molecule has 0 aliphatic carbocycles. The third-order valence-electron chi connectivity index (χ3n) is 2.29. The van der Waals surface area contributed by atoms with Crippen LogP contribution >= 0.6 is 0 Å². The van der Waals surface area contributed by atoms with E-state index >= 15 is 0 Å². The van der Waals surface area contributed by atoms with Gasteiger partial charge in [0.25, 0.3) is 0 Å². The molecule has 5 heteroatoms. The van der Waals surface area contributed by atoms with Crippen LogP contribution in [0.2, 0.25) is 0 Å². The Labute approximate surface area is 98.2 Å². The van der Waals surface area contributed by atoms with Crippen molar-refractivity contribution in [3.05, 3.63) is 47.8 Å². The van der Waals surface area contributed by atoms with Gasteiger partial charge in [0, 0.05) is 18.1 Å². The molecule has 0 fully saturated rings. The number of hydrogen-bond donors (Lipinski definition) is 2. The summed E-state index contributed by atoms with van der Waals surface area (Å²) in [5, 5.41) is 11.9. The molecule has 0 amide bonds. The van der Waals surface area contributed by atoms with Gasteiger partial charge in [-0.1, -0.05) is 0 Å². The van der Waals surface area contributed by atoms with Gasteiger partial charge in [-0.15, -0.1) is 0 Å². The molecule has 17 heavy (non-hydrogen) atoms. The first-order valence-electron chi connectivity index (χ1n) is 5.05. The van der Waals surface area contributed by atoms with Crippen LogP contribution in [0.5, 0.6) is 0 Å². The highest BCUT2D eigenvalue weighted by atomic mass is 16.4. The van der Waals surface area contributed by atoms with Gasteiger partial charge in [-0.3, -0.25) is 0 Å². The minimum atomic E-state index is -0.935. The van der Waals surface area contributed by atoms with E-state index in [1.165, 1.54) is 0 Å². The molecule has 0 saturated heterocycles. The fourth-order valence-electron chi connectivity index (χ4n) is 1.42. The van der Waals surface area contributed by atoms with Gasteiger partial charge in [0.1, 0.15) is 0 Å². The Hall–Kier alpha value is -2.43. The monoisotopic (exact) mass is 229 g/mol. The molecule has 0 saturated carbocycles. The number of carboxylic acids is 1. The predicted octanol–water partition coefficient (Wildman–Crippen LogP) is 2.23. The average molecular weight is 229 g/mol. The normalized spacial score (nSPS) is 9.94. The minimum absolute atomic E-state index is 0.266. The van der Waals surface area contributed by atoms with Crippen LogP contribution in [-0.2, 0) is 0 Å². The van der Waals surface area contributed by atoms with Crippen molar-refractivity contribution in [3.63, 3.8) is 0 Å². The number of benzene rings is 1. The van der Waals surface area contributed by atoms with E-state index in [4.69, 9.17) is 5.11 Å². The summed E-state index contributed by atoms with van der Waals surface area (Å²) in [5.41, 5.74) is 1.89. The van der Waals surface area contributed by atoms with Crippen LogP contribution < -0.4 is 5.32 Å². The minimum Gasteiger partial charge on any atom is -0.478 e. The highest BCUT2D eigenvalue weighted by Gasteiger charge is 2.06. The van der Waals surface area contributed by atoms with Gasteiger partial charge >= 0.3 is 5.97 Å². The summed E-state index contributed by atoms with van der Waals surface area (Å²) >= 11 is 0. The first kappa shape index (κ1) is 11.1. The zero-order valence-electron chi connectivity index (χ0n) is 9.21. The van der Waals surface area contributed by atoms with E-state index in [2.05, 4.69) is 15.3 Å². The van der Waals surface area contributed by atoms with Crippen LogP contribution in [0.15, 0.2) is 36.7 Å². The second-order valence-corrected chi connectivity index (χ2v) is 3.53. The van der Waals surface area contributed by atoms with E-state index in [0.29, 0.717) is 5.95 Å². The van der Waals surface area contributed by atoms with Crippen LogP contribution in [0.4, 0.5) is 11.6 Å². The van der Waals surface area contributed by atoms with Crippen LogP contribution in [0, 0.1) is 6.92 Å². The smallest absolute Gasteiger partial charge is 0.335 e. The SMILES string of the molecule is Cc1cc(C(=O)O)ccc1Nc1ncccn1. The molecule has 2 N–H and O–H groups in total. The molecule has 2 rings (SSSR count). The lowest BCUT2D eigenvalue weighted by Crippen LogP contribution is -2.01. The van der Waals surface area contributed by atoms with E-state index < -0.39 is 5.97 Å². The summed E-state index contributed by atoms with van der Waals surface area (Å²) in [6, 6.07) is 6.58. The first-order valence-corrected chi connectivity index (χ1v) is 5.05. The second-order valence-electron chi connectivity index (χ2n) is 3.53. The first-order chi connectivity index (χ1) is 8.16. The summed E-state index contributed by atoms with van der Waals surface area (Å²) < 4.78 is 0. The Morgan fingerprint density at radius 2 is 2.00 bits per heavy atom. The van der Waals surface area contributed by atoms with Gasteiger partial charge in [-0.25, -0.2) is 14.8 Å². The molecule has 0 bridgehead atoms. The average Bonchev–Trinajstić information content (AvgIpc) is 2.33. The highest BCUT2D eigenvalue weighted by molar-refractivity contribution is 5.88. The Balaban J connectivity index is 2.26. The van der Waals surface area contributed by atoms with E-state index in [0.717, 1.165) is 11.3 Å². The number of nitrogens with one attached hydrogen (secondary N) is 1. The molecule has 2 aromatic rings. The number of rotatable bonds is 3. The maximum Gasteiger partial charge on any atom is 0.335 e.